The Hall–Kier alpha value is -2.93. The second-order valence-electron chi connectivity index (χ2n) is 7.75. The van der Waals surface area contributed by atoms with Crippen LogP contribution < -0.4 is 0 Å². The zero-order chi connectivity index (χ0) is 22.3. The highest BCUT2D eigenvalue weighted by Gasteiger charge is 2.42. The monoisotopic (exact) mass is 425 g/mol. The van der Waals surface area contributed by atoms with Gasteiger partial charge < -0.3 is 34.8 Å². The molecule has 0 aliphatic carbocycles. The number of carboxylic acids is 1. The lowest BCUT2D eigenvalue weighted by Crippen LogP contribution is -2.58. The second kappa shape index (κ2) is 8.30. The van der Waals surface area contributed by atoms with E-state index in [0.717, 1.165) is 21.9 Å². The summed E-state index contributed by atoms with van der Waals surface area (Å²) in [4.78, 5) is 11.5. The number of ether oxygens (including phenoxy) is 1. The Bertz CT molecular complexity index is 1200. The Morgan fingerprint density at radius 2 is 1.71 bits per heavy atom. The molecule has 8 nitrogen and oxygen atoms in total. The van der Waals surface area contributed by atoms with Gasteiger partial charge in [0.15, 0.2) is 0 Å². The van der Waals surface area contributed by atoms with Gasteiger partial charge in [0.2, 0.25) is 0 Å². The normalized spacial score (nSPS) is 26.0. The summed E-state index contributed by atoms with van der Waals surface area (Å²) in [5.74, 6) is 4.66. The molecule has 0 unspecified atom stereocenters. The number of aliphatic hydroxyl groups is 4. The second-order valence-corrected chi connectivity index (χ2v) is 7.75. The maximum Gasteiger partial charge on any atom is 0.323 e. The van der Waals surface area contributed by atoms with E-state index in [1.165, 1.54) is 0 Å². The van der Waals surface area contributed by atoms with E-state index in [1.807, 2.05) is 31.2 Å². The standard InChI is InChI=1S/C23H23NO7/c1-12-2-5-14-15-6-3-13(9-17(15)24(10-20(26)27)16(14)8-12)4-7-18-21(28)23(30)22(29)19(11-25)31-18/h2-3,5-6,8-9,18-19,21-23,25,28-30H,10-11H2,1H3,(H,26,27)/t18-,19-,21-,22-,23-/m1/s1. The van der Waals surface area contributed by atoms with E-state index in [-0.39, 0.29) is 6.54 Å². The molecule has 0 spiro atoms. The van der Waals surface area contributed by atoms with Crippen LogP contribution in [0.1, 0.15) is 11.1 Å². The highest BCUT2D eigenvalue weighted by atomic mass is 16.5. The van der Waals surface area contributed by atoms with Crippen LogP contribution in [0.4, 0.5) is 0 Å². The van der Waals surface area contributed by atoms with Crippen LogP contribution in [0.5, 0.6) is 0 Å². The Morgan fingerprint density at radius 3 is 2.39 bits per heavy atom. The number of aliphatic carboxylic acids is 1. The number of hydrogen-bond acceptors (Lipinski definition) is 6. The number of hydrogen-bond donors (Lipinski definition) is 5. The lowest BCUT2D eigenvalue weighted by atomic mass is 9.95. The minimum Gasteiger partial charge on any atom is -0.480 e. The third-order valence-corrected chi connectivity index (χ3v) is 5.57. The zero-order valence-electron chi connectivity index (χ0n) is 16.8. The molecule has 1 fully saturated rings. The van der Waals surface area contributed by atoms with Gasteiger partial charge in [-0.05, 0) is 30.7 Å². The van der Waals surface area contributed by atoms with Crippen molar-refractivity contribution in [3.05, 3.63) is 47.5 Å². The predicted octanol–water partition coefficient (Wildman–Crippen LogP) is 0.381. The molecule has 0 saturated carbocycles. The van der Waals surface area contributed by atoms with Gasteiger partial charge in [0, 0.05) is 21.9 Å². The van der Waals surface area contributed by atoms with Crippen molar-refractivity contribution in [2.45, 2.75) is 44.0 Å². The van der Waals surface area contributed by atoms with Gasteiger partial charge in [-0.25, -0.2) is 0 Å². The average Bonchev–Trinajstić information content (AvgIpc) is 3.03. The summed E-state index contributed by atoms with van der Waals surface area (Å²) < 4.78 is 7.13. The Kier molecular flexibility index (Phi) is 5.71. The fraction of sp³-hybridized carbons (Fsp3) is 0.348. The van der Waals surface area contributed by atoms with Gasteiger partial charge in [-0.1, -0.05) is 30.0 Å². The molecule has 0 bridgehead atoms. The highest BCUT2D eigenvalue weighted by molar-refractivity contribution is 6.09. The van der Waals surface area contributed by atoms with Crippen molar-refractivity contribution < 1.29 is 35.1 Å². The van der Waals surface area contributed by atoms with Crippen LogP contribution in [0.15, 0.2) is 36.4 Å². The number of aromatic nitrogens is 1. The number of rotatable bonds is 3. The topological polar surface area (TPSA) is 132 Å². The van der Waals surface area contributed by atoms with Crippen LogP contribution in [0.3, 0.4) is 0 Å². The summed E-state index contributed by atoms with van der Waals surface area (Å²) in [5.41, 5.74) is 3.11. The number of aliphatic hydroxyl groups excluding tert-OH is 4. The lowest BCUT2D eigenvalue weighted by Gasteiger charge is -2.37. The molecule has 1 saturated heterocycles. The van der Waals surface area contributed by atoms with Gasteiger partial charge in [-0.3, -0.25) is 4.79 Å². The molecule has 0 amide bonds. The van der Waals surface area contributed by atoms with E-state index >= 15 is 0 Å². The van der Waals surface area contributed by atoms with Crippen molar-refractivity contribution in [1.29, 1.82) is 0 Å². The number of fused-ring (bicyclic) bond motifs is 3. The number of aryl methyl sites for hydroxylation is 1. The molecule has 8 heteroatoms. The van der Waals surface area contributed by atoms with E-state index < -0.39 is 43.1 Å². The third-order valence-electron chi connectivity index (χ3n) is 5.57. The molecule has 1 aliphatic heterocycles. The maximum absolute atomic E-state index is 11.5. The van der Waals surface area contributed by atoms with Crippen molar-refractivity contribution in [2.75, 3.05) is 6.61 Å². The van der Waals surface area contributed by atoms with Crippen LogP contribution >= 0.6 is 0 Å². The first-order chi connectivity index (χ1) is 14.8. The zero-order valence-corrected chi connectivity index (χ0v) is 16.8. The quantitative estimate of drug-likeness (QED) is 0.383. The summed E-state index contributed by atoms with van der Waals surface area (Å²) in [5, 5.41) is 50.5. The molecular formula is C23H23NO7. The molecule has 2 aromatic carbocycles. The van der Waals surface area contributed by atoms with Gasteiger partial charge in [0.1, 0.15) is 37.1 Å². The largest absolute Gasteiger partial charge is 0.480 e. The number of carbonyl (C=O) groups is 1. The molecule has 1 aliphatic rings. The van der Waals surface area contributed by atoms with Gasteiger partial charge in [-0.15, -0.1) is 0 Å². The molecule has 3 aromatic rings. The van der Waals surface area contributed by atoms with Gasteiger partial charge in [0.05, 0.1) is 12.1 Å². The summed E-state index contributed by atoms with van der Waals surface area (Å²) in [6.07, 6.45) is -6.49. The van der Waals surface area contributed by atoms with Crippen LogP contribution in [0.2, 0.25) is 0 Å². The van der Waals surface area contributed by atoms with Gasteiger partial charge >= 0.3 is 5.97 Å². The minimum absolute atomic E-state index is 0.201. The fourth-order valence-corrected chi connectivity index (χ4v) is 3.96. The SMILES string of the molecule is Cc1ccc2c3ccc(C#C[C@H]4O[C@H](CO)[C@@H](O)[C@H](O)[C@@H]4O)cc3n(CC(=O)O)c2c1. The summed E-state index contributed by atoms with van der Waals surface area (Å²) >= 11 is 0. The first kappa shape index (κ1) is 21.3. The summed E-state index contributed by atoms with van der Waals surface area (Å²) in [6, 6.07) is 11.3. The smallest absolute Gasteiger partial charge is 0.323 e. The summed E-state index contributed by atoms with van der Waals surface area (Å²) in [6.45, 7) is 1.22. The van der Waals surface area contributed by atoms with E-state index in [9.17, 15) is 30.3 Å². The van der Waals surface area contributed by atoms with Crippen LogP contribution in [-0.4, -0.2) is 73.2 Å². The number of nitrogens with zero attached hydrogens (tertiary/aromatic N) is 1. The van der Waals surface area contributed by atoms with E-state index in [0.29, 0.717) is 11.1 Å². The molecule has 2 heterocycles. The van der Waals surface area contributed by atoms with Crippen LogP contribution in [0.25, 0.3) is 21.8 Å². The number of carboxylic acid groups (broad SMARTS) is 1. The molecule has 5 atom stereocenters. The van der Waals surface area contributed by atoms with Gasteiger partial charge in [0.25, 0.3) is 0 Å². The third kappa shape index (κ3) is 3.90. The predicted molar refractivity (Wildman–Crippen MR) is 112 cm³/mol. The van der Waals surface area contributed by atoms with Crippen molar-refractivity contribution in [3.8, 4) is 11.8 Å². The lowest BCUT2D eigenvalue weighted by molar-refractivity contribution is -0.214. The molecule has 0 radical (unpaired) electrons. The van der Waals surface area contributed by atoms with E-state index in [2.05, 4.69) is 11.8 Å². The first-order valence-corrected chi connectivity index (χ1v) is 9.86. The Morgan fingerprint density at radius 1 is 1.03 bits per heavy atom. The number of benzene rings is 2. The Labute approximate surface area is 177 Å². The van der Waals surface area contributed by atoms with Crippen molar-refractivity contribution >= 4 is 27.8 Å². The van der Waals surface area contributed by atoms with Crippen molar-refractivity contribution in [1.82, 2.24) is 4.57 Å². The summed E-state index contributed by atoms with van der Waals surface area (Å²) in [7, 11) is 0. The Balaban J connectivity index is 1.75. The van der Waals surface area contributed by atoms with E-state index in [4.69, 9.17) is 4.74 Å². The average molecular weight is 425 g/mol. The molecule has 1 aromatic heterocycles. The molecule has 162 valence electrons. The molecule has 4 rings (SSSR count). The van der Waals surface area contributed by atoms with E-state index in [1.54, 1.807) is 16.7 Å². The van der Waals surface area contributed by atoms with Crippen molar-refractivity contribution in [3.63, 3.8) is 0 Å². The first-order valence-electron chi connectivity index (χ1n) is 9.86. The highest BCUT2D eigenvalue weighted by Crippen LogP contribution is 2.30. The maximum atomic E-state index is 11.5. The van der Waals surface area contributed by atoms with Gasteiger partial charge in [-0.2, -0.15) is 0 Å². The van der Waals surface area contributed by atoms with Crippen LogP contribution in [0, 0.1) is 18.8 Å². The fourth-order valence-electron chi connectivity index (χ4n) is 3.96. The molecular weight excluding hydrogens is 402 g/mol. The minimum atomic E-state index is -1.49. The van der Waals surface area contributed by atoms with Crippen LogP contribution in [-0.2, 0) is 16.1 Å². The molecule has 5 N–H and O–H groups in total. The molecule has 31 heavy (non-hydrogen) atoms. The van der Waals surface area contributed by atoms with Crippen molar-refractivity contribution in [2.24, 2.45) is 0 Å².